The molecular formula is C14H9Cl2F3N4O2. The molecule has 0 saturated heterocycles. The van der Waals surface area contributed by atoms with Crippen LogP contribution in [-0.4, -0.2) is 16.9 Å². The van der Waals surface area contributed by atoms with Gasteiger partial charge >= 0.3 is 12.2 Å². The van der Waals surface area contributed by atoms with Crippen molar-refractivity contribution >= 4 is 40.8 Å². The third kappa shape index (κ3) is 5.23. The van der Waals surface area contributed by atoms with Gasteiger partial charge < -0.3 is 5.32 Å². The van der Waals surface area contributed by atoms with Crippen LogP contribution in [0.5, 0.6) is 0 Å². The Morgan fingerprint density at radius 2 is 1.68 bits per heavy atom. The molecule has 0 spiro atoms. The fourth-order valence-corrected chi connectivity index (χ4v) is 2.01. The third-order valence-corrected chi connectivity index (χ3v) is 3.32. The smallest absolute Gasteiger partial charge is 0.307 e. The predicted octanol–water partition coefficient (Wildman–Crippen LogP) is 3.87. The van der Waals surface area contributed by atoms with Crippen molar-refractivity contribution in [3.8, 4) is 0 Å². The lowest BCUT2D eigenvalue weighted by atomic mass is 10.2. The fraction of sp³-hybridized carbons (Fsp3) is 0.0714. The number of hydrazine groups is 1. The van der Waals surface area contributed by atoms with E-state index in [2.05, 4.69) is 10.3 Å². The first kappa shape index (κ1) is 18.8. The van der Waals surface area contributed by atoms with Gasteiger partial charge in [0.25, 0.3) is 5.91 Å². The SMILES string of the molecule is O=C(NNC(=O)c1ncc(C(F)(F)F)cc1Cl)Nc1ccc(Cl)cc1. The van der Waals surface area contributed by atoms with Crippen molar-refractivity contribution in [2.75, 3.05) is 5.32 Å². The number of alkyl halides is 3. The highest BCUT2D eigenvalue weighted by atomic mass is 35.5. The highest BCUT2D eigenvalue weighted by Gasteiger charge is 2.32. The van der Waals surface area contributed by atoms with Gasteiger partial charge in [0.05, 0.1) is 10.6 Å². The zero-order valence-corrected chi connectivity index (χ0v) is 13.6. The molecule has 6 nitrogen and oxygen atoms in total. The number of halogens is 5. The van der Waals surface area contributed by atoms with Gasteiger partial charge in [-0.3, -0.25) is 10.2 Å². The monoisotopic (exact) mass is 392 g/mol. The van der Waals surface area contributed by atoms with E-state index in [1.165, 1.54) is 12.1 Å². The molecule has 1 heterocycles. The molecule has 0 aliphatic rings. The van der Waals surface area contributed by atoms with Crippen LogP contribution in [0.2, 0.25) is 10.0 Å². The van der Waals surface area contributed by atoms with Crippen molar-refractivity contribution in [1.29, 1.82) is 0 Å². The molecule has 0 aliphatic carbocycles. The molecule has 0 fully saturated rings. The molecule has 3 amide bonds. The van der Waals surface area contributed by atoms with E-state index in [-0.39, 0.29) is 0 Å². The topological polar surface area (TPSA) is 83.1 Å². The minimum Gasteiger partial charge on any atom is -0.307 e. The van der Waals surface area contributed by atoms with Crippen LogP contribution >= 0.6 is 23.2 Å². The Morgan fingerprint density at radius 1 is 1.04 bits per heavy atom. The molecule has 1 aromatic carbocycles. The molecule has 3 N–H and O–H groups in total. The molecule has 0 saturated carbocycles. The van der Waals surface area contributed by atoms with Crippen molar-refractivity contribution in [3.63, 3.8) is 0 Å². The largest absolute Gasteiger partial charge is 0.417 e. The van der Waals surface area contributed by atoms with Crippen molar-refractivity contribution in [1.82, 2.24) is 15.8 Å². The van der Waals surface area contributed by atoms with Crippen LogP contribution in [0.15, 0.2) is 36.5 Å². The summed E-state index contributed by atoms with van der Waals surface area (Å²) in [5, 5.41) is 2.36. The van der Waals surface area contributed by atoms with Crippen LogP contribution in [0.1, 0.15) is 16.1 Å². The maximum absolute atomic E-state index is 12.5. The molecule has 0 radical (unpaired) electrons. The van der Waals surface area contributed by atoms with Gasteiger partial charge in [-0.25, -0.2) is 15.2 Å². The normalized spacial score (nSPS) is 10.9. The summed E-state index contributed by atoms with van der Waals surface area (Å²) in [7, 11) is 0. The van der Waals surface area contributed by atoms with Gasteiger partial charge in [0, 0.05) is 16.9 Å². The third-order valence-electron chi connectivity index (χ3n) is 2.78. The van der Waals surface area contributed by atoms with Crippen molar-refractivity contribution in [2.24, 2.45) is 0 Å². The minimum absolute atomic E-state index is 0.404. The van der Waals surface area contributed by atoms with Gasteiger partial charge in [-0.1, -0.05) is 23.2 Å². The lowest BCUT2D eigenvalue weighted by Gasteiger charge is -2.11. The predicted molar refractivity (Wildman–Crippen MR) is 85.3 cm³/mol. The van der Waals surface area contributed by atoms with E-state index >= 15 is 0 Å². The summed E-state index contributed by atoms with van der Waals surface area (Å²) in [5.41, 5.74) is 2.83. The van der Waals surface area contributed by atoms with E-state index in [9.17, 15) is 22.8 Å². The number of aromatic nitrogens is 1. The van der Waals surface area contributed by atoms with E-state index in [0.29, 0.717) is 23.0 Å². The van der Waals surface area contributed by atoms with Crippen LogP contribution < -0.4 is 16.2 Å². The number of anilines is 1. The molecule has 11 heteroatoms. The molecule has 0 atom stereocenters. The number of hydrogen-bond acceptors (Lipinski definition) is 3. The number of benzene rings is 1. The van der Waals surface area contributed by atoms with Crippen LogP contribution in [-0.2, 0) is 6.18 Å². The Bertz CT molecular complexity index is 798. The minimum atomic E-state index is -4.64. The number of carbonyl (C=O) groups is 2. The standard InChI is InChI=1S/C14H9Cl2F3N4O2/c15-8-1-3-9(4-2-8)21-13(25)23-22-12(24)11-10(16)5-7(6-20-11)14(17,18)19/h1-6H,(H,22,24)(H2,21,23,25). The molecule has 0 bridgehead atoms. The number of carbonyl (C=O) groups excluding carboxylic acids is 2. The molecule has 1 aromatic heterocycles. The van der Waals surface area contributed by atoms with Gasteiger partial charge in [0.2, 0.25) is 0 Å². The number of pyridine rings is 1. The molecule has 0 aliphatic heterocycles. The molecule has 132 valence electrons. The maximum atomic E-state index is 12.5. The van der Waals surface area contributed by atoms with Gasteiger partial charge in [-0.2, -0.15) is 13.2 Å². The number of rotatable bonds is 2. The van der Waals surface area contributed by atoms with E-state index in [1.54, 1.807) is 12.1 Å². The highest BCUT2D eigenvalue weighted by molar-refractivity contribution is 6.33. The average Bonchev–Trinajstić information content (AvgIpc) is 2.54. The first-order valence-corrected chi connectivity index (χ1v) is 7.28. The highest BCUT2D eigenvalue weighted by Crippen LogP contribution is 2.30. The zero-order valence-electron chi connectivity index (χ0n) is 12.1. The van der Waals surface area contributed by atoms with Crippen LogP contribution in [0.4, 0.5) is 23.7 Å². The summed E-state index contributed by atoms with van der Waals surface area (Å²) >= 11 is 11.3. The Labute approximate surface area is 149 Å². The maximum Gasteiger partial charge on any atom is 0.417 e. The summed E-state index contributed by atoms with van der Waals surface area (Å²) in [6.07, 6.45) is -4.17. The summed E-state index contributed by atoms with van der Waals surface area (Å²) < 4.78 is 37.5. The second kappa shape index (κ2) is 7.58. The van der Waals surface area contributed by atoms with Crippen LogP contribution in [0, 0.1) is 0 Å². The number of amides is 3. The van der Waals surface area contributed by atoms with Gasteiger partial charge in [0.1, 0.15) is 5.69 Å². The van der Waals surface area contributed by atoms with Crippen molar-refractivity contribution in [3.05, 3.63) is 57.8 Å². The van der Waals surface area contributed by atoms with Gasteiger partial charge in [0.15, 0.2) is 0 Å². The fourth-order valence-electron chi connectivity index (χ4n) is 1.63. The van der Waals surface area contributed by atoms with E-state index in [4.69, 9.17) is 23.2 Å². The van der Waals surface area contributed by atoms with Gasteiger partial charge in [-0.05, 0) is 30.3 Å². The summed E-state index contributed by atoms with van der Waals surface area (Å²) in [6.45, 7) is 0. The van der Waals surface area contributed by atoms with Crippen molar-refractivity contribution in [2.45, 2.75) is 6.18 Å². The van der Waals surface area contributed by atoms with Crippen LogP contribution in [0.25, 0.3) is 0 Å². The Balaban J connectivity index is 1.95. The second-order valence-electron chi connectivity index (χ2n) is 4.59. The summed E-state index contributed by atoms with van der Waals surface area (Å²) in [4.78, 5) is 26.8. The van der Waals surface area contributed by atoms with Crippen molar-refractivity contribution < 1.29 is 22.8 Å². The number of nitrogens with one attached hydrogen (secondary N) is 3. The second-order valence-corrected chi connectivity index (χ2v) is 5.44. The summed E-state index contributed by atoms with van der Waals surface area (Å²) in [5.74, 6) is -0.981. The Hall–Kier alpha value is -2.52. The van der Waals surface area contributed by atoms with E-state index in [0.717, 1.165) is 0 Å². The van der Waals surface area contributed by atoms with E-state index < -0.39 is 34.4 Å². The summed E-state index contributed by atoms with van der Waals surface area (Å²) in [6, 6.07) is 5.91. The number of nitrogens with zero attached hydrogens (tertiary/aromatic N) is 1. The van der Waals surface area contributed by atoms with Crippen LogP contribution in [0.3, 0.4) is 0 Å². The zero-order chi connectivity index (χ0) is 18.6. The number of hydrogen-bond donors (Lipinski definition) is 3. The first-order valence-electron chi connectivity index (χ1n) is 6.52. The quantitative estimate of drug-likeness (QED) is 0.678. The molecular weight excluding hydrogens is 384 g/mol. The molecule has 2 aromatic rings. The molecule has 25 heavy (non-hydrogen) atoms. The van der Waals surface area contributed by atoms with Gasteiger partial charge in [-0.15, -0.1) is 0 Å². The first-order chi connectivity index (χ1) is 11.7. The molecule has 0 unspecified atom stereocenters. The van der Waals surface area contributed by atoms with E-state index in [1.807, 2.05) is 10.9 Å². The number of urea groups is 1. The Morgan fingerprint density at radius 3 is 2.24 bits per heavy atom. The average molecular weight is 393 g/mol. The lowest BCUT2D eigenvalue weighted by molar-refractivity contribution is -0.137. The lowest BCUT2D eigenvalue weighted by Crippen LogP contribution is -2.44. The molecule has 2 rings (SSSR count). The Kier molecular flexibility index (Phi) is 5.70.